The standard InChI is InChI=1S/C25H24N6O/c1-32-21-9-7-20(8-10-21)22-11-12-24(29-28-22)30-13-15-31(16-14-30)25-17-23(26-18-27-25)19-5-3-2-4-6-19/h2-12,17-18H,13-16H2,1H3. The largest absolute Gasteiger partial charge is 0.497 e. The van der Waals surface area contributed by atoms with Crippen molar-refractivity contribution in [3.05, 3.63) is 79.1 Å². The monoisotopic (exact) mass is 424 g/mol. The molecule has 0 saturated carbocycles. The summed E-state index contributed by atoms with van der Waals surface area (Å²) in [6.45, 7) is 3.46. The summed E-state index contributed by atoms with van der Waals surface area (Å²) in [6, 6.07) is 24.2. The third kappa shape index (κ3) is 4.23. The first-order valence-corrected chi connectivity index (χ1v) is 10.7. The molecule has 3 heterocycles. The van der Waals surface area contributed by atoms with E-state index in [1.807, 2.05) is 54.6 Å². The number of piperazine rings is 1. The van der Waals surface area contributed by atoms with Crippen LogP contribution in [0, 0.1) is 0 Å². The molecule has 0 spiro atoms. The molecule has 0 amide bonds. The van der Waals surface area contributed by atoms with Crippen LogP contribution in [0.3, 0.4) is 0 Å². The average Bonchev–Trinajstić information content (AvgIpc) is 2.89. The van der Waals surface area contributed by atoms with Crippen LogP contribution in [0.2, 0.25) is 0 Å². The second kappa shape index (κ2) is 9.01. The van der Waals surface area contributed by atoms with Crippen LogP contribution >= 0.6 is 0 Å². The van der Waals surface area contributed by atoms with Crippen LogP contribution in [-0.2, 0) is 0 Å². The van der Waals surface area contributed by atoms with Crippen molar-refractivity contribution in [2.75, 3.05) is 43.1 Å². The van der Waals surface area contributed by atoms with Crippen molar-refractivity contribution in [2.24, 2.45) is 0 Å². The third-order valence-corrected chi connectivity index (χ3v) is 5.69. The van der Waals surface area contributed by atoms with Crippen molar-refractivity contribution < 1.29 is 4.74 Å². The molecule has 1 fully saturated rings. The maximum atomic E-state index is 5.22. The lowest BCUT2D eigenvalue weighted by molar-refractivity contribution is 0.415. The van der Waals surface area contributed by atoms with Gasteiger partial charge in [-0.25, -0.2) is 9.97 Å². The molecule has 5 rings (SSSR count). The van der Waals surface area contributed by atoms with Crippen molar-refractivity contribution in [2.45, 2.75) is 0 Å². The van der Waals surface area contributed by atoms with Gasteiger partial charge in [0.2, 0.25) is 0 Å². The third-order valence-electron chi connectivity index (χ3n) is 5.69. The molecule has 1 saturated heterocycles. The number of ether oxygens (including phenoxy) is 1. The fourth-order valence-corrected chi connectivity index (χ4v) is 3.86. The van der Waals surface area contributed by atoms with Gasteiger partial charge in [0.25, 0.3) is 0 Å². The highest BCUT2D eigenvalue weighted by atomic mass is 16.5. The van der Waals surface area contributed by atoms with Gasteiger partial charge in [-0.2, -0.15) is 0 Å². The van der Waals surface area contributed by atoms with Gasteiger partial charge in [0, 0.05) is 43.4 Å². The SMILES string of the molecule is COc1ccc(-c2ccc(N3CCN(c4cc(-c5ccccc5)ncn4)CC3)nn2)cc1. The number of hydrogen-bond donors (Lipinski definition) is 0. The van der Waals surface area contributed by atoms with E-state index in [4.69, 9.17) is 4.74 Å². The molecule has 1 aliphatic heterocycles. The summed E-state index contributed by atoms with van der Waals surface area (Å²) in [6.07, 6.45) is 1.65. The Balaban J connectivity index is 1.24. The fourth-order valence-electron chi connectivity index (χ4n) is 3.86. The van der Waals surface area contributed by atoms with Crippen LogP contribution < -0.4 is 14.5 Å². The number of benzene rings is 2. The second-order valence-electron chi connectivity index (χ2n) is 7.61. The summed E-state index contributed by atoms with van der Waals surface area (Å²) < 4.78 is 5.22. The number of hydrogen-bond acceptors (Lipinski definition) is 7. The Morgan fingerprint density at radius 1 is 0.656 bits per heavy atom. The van der Waals surface area contributed by atoms with Crippen molar-refractivity contribution in [3.63, 3.8) is 0 Å². The van der Waals surface area contributed by atoms with E-state index in [1.165, 1.54) is 0 Å². The molecule has 160 valence electrons. The molecule has 7 nitrogen and oxygen atoms in total. The lowest BCUT2D eigenvalue weighted by Crippen LogP contribution is -2.47. The normalized spacial score (nSPS) is 13.8. The smallest absolute Gasteiger partial charge is 0.151 e. The fraction of sp³-hybridized carbons (Fsp3) is 0.200. The molecule has 0 radical (unpaired) electrons. The lowest BCUT2D eigenvalue weighted by Gasteiger charge is -2.35. The summed E-state index contributed by atoms with van der Waals surface area (Å²) in [5.41, 5.74) is 3.91. The number of aromatic nitrogens is 4. The Bertz CT molecular complexity index is 1160. The van der Waals surface area contributed by atoms with Gasteiger partial charge in [-0.15, -0.1) is 10.2 Å². The van der Waals surface area contributed by atoms with Crippen molar-refractivity contribution >= 4 is 11.6 Å². The minimum Gasteiger partial charge on any atom is -0.497 e. The predicted octanol–water partition coefficient (Wildman–Crippen LogP) is 3.94. The van der Waals surface area contributed by atoms with Gasteiger partial charge in [-0.1, -0.05) is 30.3 Å². The minimum absolute atomic E-state index is 0.829. The van der Waals surface area contributed by atoms with Crippen molar-refractivity contribution in [3.8, 4) is 28.3 Å². The highest BCUT2D eigenvalue weighted by Crippen LogP contribution is 2.24. The van der Waals surface area contributed by atoms with Gasteiger partial charge >= 0.3 is 0 Å². The van der Waals surface area contributed by atoms with E-state index in [0.29, 0.717) is 0 Å². The molecule has 0 aliphatic carbocycles. The molecule has 4 aromatic rings. The van der Waals surface area contributed by atoms with E-state index < -0.39 is 0 Å². The first-order chi connectivity index (χ1) is 15.8. The van der Waals surface area contributed by atoms with Gasteiger partial charge in [0.15, 0.2) is 5.82 Å². The first kappa shape index (κ1) is 19.9. The van der Waals surface area contributed by atoms with Crippen molar-refractivity contribution in [1.82, 2.24) is 20.2 Å². The van der Waals surface area contributed by atoms with Crippen LogP contribution in [0.25, 0.3) is 22.5 Å². The van der Waals surface area contributed by atoms with Crippen LogP contribution in [-0.4, -0.2) is 53.5 Å². The number of nitrogens with zero attached hydrogens (tertiary/aromatic N) is 6. The summed E-state index contributed by atoms with van der Waals surface area (Å²) >= 11 is 0. The van der Waals surface area contributed by atoms with Gasteiger partial charge in [0.1, 0.15) is 17.9 Å². The van der Waals surface area contributed by atoms with Crippen LogP contribution in [0.5, 0.6) is 5.75 Å². The molecule has 7 heteroatoms. The molecule has 0 bridgehead atoms. The van der Waals surface area contributed by atoms with E-state index in [9.17, 15) is 0 Å². The summed E-state index contributed by atoms with van der Waals surface area (Å²) in [5.74, 6) is 2.68. The molecular formula is C25H24N6O. The number of anilines is 2. The topological polar surface area (TPSA) is 67.3 Å². The average molecular weight is 425 g/mol. The summed E-state index contributed by atoms with van der Waals surface area (Å²) in [7, 11) is 1.66. The number of methoxy groups -OCH3 is 1. The molecule has 0 N–H and O–H groups in total. The molecule has 1 aliphatic rings. The lowest BCUT2D eigenvalue weighted by atomic mass is 10.1. The van der Waals surface area contributed by atoms with Crippen LogP contribution in [0.15, 0.2) is 79.1 Å². The van der Waals surface area contributed by atoms with Crippen LogP contribution in [0.4, 0.5) is 11.6 Å². The Labute approximate surface area is 187 Å². The van der Waals surface area contributed by atoms with Gasteiger partial charge in [-0.3, -0.25) is 0 Å². The quantitative estimate of drug-likeness (QED) is 0.481. The first-order valence-electron chi connectivity index (χ1n) is 10.7. The van der Waals surface area contributed by atoms with E-state index in [0.717, 1.165) is 66.1 Å². The Hall–Kier alpha value is -4.00. The predicted molar refractivity (Wildman–Crippen MR) is 126 cm³/mol. The zero-order valence-corrected chi connectivity index (χ0v) is 17.9. The van der Waals surface area contributed by atoms with Crippen molar-refractivity contribution in [1.29, 1.82) is 0 Å². The summed E-state index contributed by atoms with van der Waals surface area (Å²) in [4.78, 5) is 13.5. The Kier molecular flexibility index (Phi) is 5.61. The maximum Gasteiger partial charge on any atom is 0.151 e. The molecule has 2 aromatic carbocycles. The minimum atomic E-state index is 0.829. The van der Waals surface area contributed by atoms with E-state index in [2.05, 4.69) is 48.2 Å². The molecule has 0 unspecified atom stereocenters. The molecular weight excluding hydrogens is 400 g/mol. The Morgan fingerprint density at radius 2 is 1.34 bits per heavy atom. The zero-order chi connectivity index (χ0) is 21.8. The van der Waals surface area contributed by atoms with Gasteiger partial charge in [0.05, 0.1) is 18.5 Å². The second-order valence-corrected chi connectivity index (χ2v) is 7.61. The van der Waals surface area contributed by atoms with Crippen LogP contribution in [0.1, 0.15) is 0 Å². The van der Waals surface area contributed by atoms with Gasteiger partial charge in [-0.05, 0) is 36.4 Å². The molecule has 32 heavy (non-hydrogen) atoms. The highest BCUT2D eigenvalue weighted by molar-refractivity contribution is 5.63. The van der Waals surface area contributed by atoms with E-state index >= 15 is 0 Å². The molecule has 2 aromatic heterocycles. The molecule has 0 atom stereocenters. The highest BCUT2D eigenvalue weighted by Gasteiger charge is 2.20. The Morgan fingerprint density at radius 3 is 2.00 bits per heavy atom. The van der Waals surface area contributed by atoms with E-state index in [-0.39, 0.29) is 0 Å². The summed E-state index contributed by atoms with van der Waals surface area (Å²) in [5, 5.41) is 8.91. The zero-order valence-electron chi connectivity index (χ0n) is 17.9. The van der Waals surface area contributed by atoms with Gasteiger partial charge < -0.3 is 14.5 Å². The number of rotatable bonds is 5. The maximum absolute atomic E-state index is 5.22. The van der Waals surface area contributed by atoms with E-state index in [1.54, 1.807) is 13.4 Å².